The fourth-order valence-electron chi connectivity index (χ4n) is 1.81. The summed E-state index contributed by atoms with van der Waals surface area (Å²) in [7, 11) is 0. The average molecular weight is 278 g/mol. The molecule has 1 aromatic heterocycles. The number of aliphatic hydroxyl groups excluding tert-OH is 1. The molecule has 100 valence electrons. The van der Waals surface area contributed by atoms with E-state index >= 15 is 0 Å². The third-order valence-corrected chi connectivity index (χ3v) is 3.30. The number of aromatic amines is 1. The zero-order chi connectivity index (χ0) is 13.5. The number of aryl methyl sites for hydroxylation is 1. The molecular weight excluding hydrogens is 266 g/mol. The van der Waals surface area contributed by atoms with E-state index in [1.807, 2.05) is 0 Å². The van der Waals surface area contributed by atoms with Crippen molar-refractivity contribution in [2.75, 3.05) is 6.61 Å². The first-order chi connectivity index (χ1) is 8.37. The first-order valence-electron chi connectivity index (χ1n) is 5.31. The lowest BCUT2D eigenvalue weighted by Gasteiger charge is -2.19. The highest BCUT2D eigenvalue weighted by atomic mass is 32.1. The molecule has 2 N–H and O–H groups in total. The predicted molar refractivity (Wildman–Crippen MR) is 61.2 cm³/mol. The summed E-state index contributed by atoms with van der Waals surface area (Å²) < 4.78 is 33.2. The third-order valence-electron chi connectivity index (χ3n) is 2.88. The number of ether oxygens (including phenoxy) is 1. The minimum Gasteiger partial charge on any atom is -0.390 e. The Morgan fingerprint density at radius 1 is 1.78 bits per heavy atom. The summed E-state index contributed by atoms with van der Waals surface area (Å²) in [5.74, 6) is -2.76. The van der Waals surface area contributed by atoms with Gasteiger partial charge in [0.1, 0.15) is 17.5 Å². The Labute approximate surface area is 106 Å². The van der Waals surface area contributed by atoms with Gasteiger partial charge in [-0.2, -0.15) is 0 Å². The molecule has 3 atom stereocenters. The number of aromatic nitrogens is 2. The summed E-state index contributed by atoms with van der Waals surface area (Å²) in [6, 6.07) is 0. The quantitative estimate of drug-likeness (QED) is 0.796. The van der Waals surface area contributed by atoms with Crippen LogP contribution >= 0.6 is 12.2 Å². The number of alkyl halides is 2. The van der Waals surface area contributed by atoms with Gasteiger partial charge in [-0.25, -0.2) is 13.6 Å². The Balaban J connectivity index is 2.38. The zero-order valence-corrected chi connectivity index (χ0v) is 10.3. The number of aliphatic hydroxyl groups is 1. The van der Waals surface area contributed by atoms with Crippen LogP contribution in [-0.4, -0.2) is 33.3 Å². The maximum atomic E-state index is 13.7. The highest BCUT2D eigenvalue weighted by molar-refractivity contribution is 7.71. The fraction of sp³-hybridized carbons (Fsp3) is 0.600. The van der Waals surface area contributed by atoms with Crippen LogP contribution in [-0.2, 0) is 4.74 Å². The highest BCUT2D eigenvalue weighted by Crippen LogP contribution is 2.38. The van der Waals surface area contributed by atoms with Gasteiger partial charge < -0.3 is 9.84 Å². The van der Waals surface area contributed by atoms with Crippen LogP contribution in [0.25, 0.3) is 0 Å². The van der Waals surface area contributed by atoms with E-state index in [-0.39, 0.29) is 11.1 Å². The van der Waals surface area contributed by atoms with Gasteiger partial charge >= 0.3 is 5.69 Å². The first kappa shape index (κ1) is 13.3. The molecule has 2 heterocycles. The van der Waals surface area contributed by atoms with E-state index in [4.69, 9.17) is 22.1 Å². The molecule has 0 bridgehead atoms. The molecular formula is C10H12F2N2O3S. The lowest BCUT2D eigenvalue weighted by atomic mass is 10.2. The molecule has 8 heteroatoms. The second-order valence-electron chi connectivity index (χ2n) is 4.20. The van der Waals surface area contributed by atoms with E-state index in [0.717, 1.165) is 4.57 Å². The zero-order valence-electron chi connectivity index (χ0n) is 9.52. The van der Waals surface area contributed by atoms with Gasteiger partial charge in [0.2, 0.25) is 0 Å². The molecule has 0 radical (unpaired) electrons. The van der Waals surface area contributed by atoms with Gasteiger partial charge in [0.05, 0.1) is 0 Å². The summed E-state index contributed by atoms with van der Waals surface area (Å²) in [6.45, 7) is 0.562. The Hall–Kier alpha value is -1.12. The van der Waals surface area contributed by atoms with Crippen LogP contribution in [0.1, 0.15) is 18.2 Å². The number of nitrogens with zero attached hydrogens (tertiary/aromatic N) is 1. The number of hydrogen-bond acceptors (Lipinski definition) is 4. The van der Waals surface area contributed by atoms with E-state index in [2.05, 4.69) is 4.98 Å². The molecule has 1 fully saturated rings. The Bertz CT molecular complexity index is 573. The van der Waals surface area contributed by atoms with Gasteiger partial charge in [0, 0.05) is 18.2 Å². The summed E-state index contributed by atoms with van der Waals surface area (Å²) in [5, 5.41) is 8.78. The number of halogens is 2. The summed E-state index contributed by atoms with van der Waals surface area (Å²) in [4.78, 5) is 14.0. The maximum absolute atomic E-state index is 13.7. The van der Waals surface area contributed by atoms with Crippen LogP contribution in [0.15, 0.2) is 11.0 Å². The van der Waals surface area contributed by atoms with Crippen molar-refractivity contribution >= 4 is 12.2 Å². The van der Waals surface area contributed by atoms with Crippen LogP contribution in [0.5, 0.6) is 0 Å². The van der Waals surface area contributed by atoms with Gasteiger partial charge in [0.15, 0.2) is 6.17 Å². The second-order valence-corrected chi connectivity index (χ2v) is 4.61. The van der Waals surface area contributed by atoms with Crippen LogP contribution in [0.4, 0.5) is 8.78 Å². The van der Waals surface area contributed by atoms with Crippen molar-refractivity contribution in [2.24, 2.45) is 0 Å². The van der Waals surface area contributed by atoms with E-state index in [0.29, 0.717) is 5.56 Å². The summed E-state index contributed by atoms with van der Waals surface area (Å²) >= 11 is 4.87. The van der Waals surface area contributed by atoms with Crippen molar-refractivity contribution in [1.82, 2.24) is 9.55 Å². The van der Waals surface area contributed by atoms with Gasteiger partial charge in [-0.1, -0.05) is 12.2 Å². The lowest BCUT2D eigenvalue weighted by Crippen LogP contribution is -2.36. The van der Waals surface area contributed by atoms with Crippen LogP contribution in [0.2, 0.25) is 0 Å². The van der Waals surface area contributed by atoms with Crippen molar-refractivity contribution in [3.8, 4) is 0 Å². The van der Waals surface area contributed by atoms with E-state index < -0.39 is 30.6 Å². The van der Waals surface area contributed by atoms with Gasteiger partial charge in [-0.05, 0) is 6.92 Å². The topological polar surface area (TPSA) is 67.2 Å². The molecule has 0 spiro atoms. The van der Waals surface area contributed by atoms with Crippen LogP contribution in [0.3, 0.4) is 0 Å². The van der Waals surface area contributed by atoms with E-state index in [1.54, 1.807) is 6.92 Å². The molecule has 1 aliphatic rings. The largest absolute Gasteiger partial charge is 0.390 e. The van der Waals surface area contributed by atoms with Crippen molar-refractivity contribution in [1.29, 1.82) is 0 Å². The second kappa shape index (κ2) is 4.52. The van der Waals surface area contributed by atoms with Crippen LogP contribution < -0.4 is 5.69 Å². The van der Waals surface area contributed by atoms with E-state index in [9.17, 15) is 13.6 Å². The molecule has 0 unspecified atom stereocenters. The normalized spacial score (nSPS) is 31.8. The van der Waals surface area contributed by atoms with E-state index in [1.165, 1.54) is 6.20 Å². The number of nitrogens with one attached hydrogen (secondary N) is 1. The molecule has 1 saturated heterocycles. The molecule has 2 rings (SSSR count). The molecule has 0 aliphatic carbocycles. The SMILES string of the molecule is Cc1cn([C@H]2C[C@H](F)[C@@](F)(CO)O2)c(=O)[nH]c1=S. The Kier molecular flexibility index (Phi) is 3.35. The third kappa shape index (κ3) is 2.11. The Morgan fingerprint density at radius 3 is 3.00 bits per heavy atom. The number of H-pyrrole nitrogens is 1. The summed E-state index contributed by atoms with van der Waals surface area (Å²) in [5.41, 5.74) is -0.0195. The molecule has 1 aromatic rings. The molecule has 0 saturated carbocycles. The smallest absolute Gasteiger partial charge is 0.328 e. The van der Waals surface area contributed by atoms with Gasteiger partial charge in [-0.15, -0.1) is 0 Å². The van der Waals surface area contributed by atoms with Crippen molar-refractivity contribution in [3.05, 3.63) is 26.9 Å². The standard InChI is InChI=1S/C10H12F2N2O3S/c1-5-3-14(9(16)13-8(5)18)7-2-6(11)10(12,4-15)17-7/h3,6-7,15H,2,4H2,1H3,(H,13,16,18)/t6-,7+,10+/m0/s1. The van der Waals surface area contributed by atoms with Gasteiger partial charge in [0.25, 0.3) is 5.85 Å². The first-order valence-corrected chi connectivity index (χ1v) is 5.72. The number of hydrogen-bond donors (Lipinski definition) is 2. The molecule has 5 nitrogen and oxygen atoms in total. The predicted octanol–water partition coefficient (Wildman–Crippen LogP) is 1.13. The van der Waals surface area contributed by atoms with Gasteiger partial charge in [-0.3, -0.25) is 9.55 Å². The molecule has 0 amide bonds. The van der Waals surface area contributed by atoms with Crippen molar-refractivity contribution < 1.29 is 18.6 Å². The average Bonchev–Trinajstić information content (AvgIpc) is 2.61. The minimum absolute atomic E-state index is 0.264. The number of rotatable bonds is 2. The molecule has 1 aliphatic heterocycles. The van der Waals surface area contributed by atoms with Crippen LogP contribution in [0, 0.1) is 11.6 Å². The monoisotopic (exact) mass is 278 g/mol. The van der Waals surface area contributed by atoms with Crippen molar-refractivity contribution in [3.63, 3.8) is 0 Å². The molecule has 0 aromatic carbocycles. The summed E-state index contributed by atoms with van der Waals surface area (Å²) in [6.07, 6.45) is -2.05. The highest BCUT2D eigenvalue weighted by Gasteiger charge is 2.50. The minimum atomic E-state index is -2.76. The molecule has 18 heavy (non-hydrogen) atoms. The maximum Gasteiger partial charge on any atom is 0.328 e. The lowest BCUT2D eigenvalue weighted by molar-refractivity contribution is -0.196. The van der Waals surface area contributed by atoms with Crippen molar-refractivity contribution in [2.45, 2.75) is 31.6 Å². The fourth-order valence-corrected chi connectivity index (χ4v) is 1.95. The Morgan fingerprint density at radius 2 is 2.44 bits per heavy atom.